The van der Waals surface area contributed by atoms with Crippen molar-refractivity contribution in [1.29, 1.82) is 5.26 Å². The maximum absolute atomic E-state index is 8.65. The Morgan fingerprint density at radius 2 is 1.33 bits per heavy atom. The van der Waals surface area contributed by atoms with Gasteiger partial charge in [0.05, 0.1) is 12.5 Å². The molecule has 1 aromatic rings. The largest absolute Gasteiger partial charge is 0.198 e. The number of nitrogens with zero attached hydrogens (tertiary/aromatic N) is 1. The zero-order valence-electron chi connectivity index (χ0n) is 16.7. The lowest BCUT2D eigenvalue weighted by atomic mass is 9.72. The van der Waals surface area contributed by atoms with Crippen molar-refractivity contribution in [2.45, 2.75) is 66.7 Å². The smallest absolute Gasteiger partial charge is 0.0669 e. The van der Waals surface area contributed by atoms with Gasteiger partial charge in [-0.25, -0.2) is 0 Å². The summed E-state index contributed by atoms with van der Waals surface area (Å²) in [7, 11) is 0. The lowest BCUT2D eigenvalue weighted by molar-refractivity contribution is 0.284. The number of nitriles is 1. The average molecular weight is 326 g/mol. The summed E-state index contributed by atoms with van der Waals surface area (Å²) in [5.74, 6) is 0. The van der Waals surface area contributed by atoms with Crippen molar-refractivity contribution < 1.29 is 0 Å². The van der Waals surface area contributed by atoms with Crippen molar-refractivity contribution in [3.63, 3.8) is 0 Å². The van der Waals surface area contributed by atoms with Crippen LogP contribution in [-0.2, 0) is 11.8 Å². The second-order valence-electron chi connectivity index (χ2n) is 6.90. The normalized spacial score (nSPS) is 9.33. The van der Waals surface area contributed by atoms with Crippen LogP contribution in [0.1, 0.15) is 66.0 Å². The van der Waals surface area contributed by atoms with E-state index in [0.29, 0.717) is 11.8 Å². The van der Waals surface area contributed by atoms with Crippen LogP contribution in [0.15, 0.2) is 43.2 Å². The fourth-order valence-electron chi connectivity index (χ4n) is 2.59. The highest BCUT2D eigenvalue weighted by molar-refractivity contribution is 5.29. The van der Waals surface area contributed by atoms with E-state index in [1.807, 2.05) is 13.8 Å². The minimum Gasteiger partial charge on any atom is -0.198 e. The minimum absolute atomic E-state index is 0.184. The van der Waals surface area contributed by atoms with Crippen molar-refractivity contribution in [3.05, 3.63) is 54.3 Å². The molecule has 0 aliphatic rings. The number of rotatable bonds is 3. The Bertz CT molecular complexity index is 510. The summed E-state index contributed by atoms with van der Waals surface area (Å²) in [5, 5.41) is 8.65. The van der Waals surface area contributed by atoms with Gasteiger partial charge in [-0.05, 0) is 28.4 Å². The Morgan fingerprint density at radius 3 is 1.62 bits per heavy atom. The fraction of sp³-hybridized carbons (Fsp3) is 0.478. The van der Waals surface area contributed by atoms with Crippen LogP contribution in [-0.4, -0.2) is 0 Å². The molecule has 0 atom stereocenters. The summed E-state index contributed by atoms with van der Waals surface area (Å²) in [6.07, 6.45) is 9.65. The van der Waals surface area contributed by atoms with Gasteiger partial charge in [-0.3, -0.25) is 0 Å². The van der Waals surface area contributed by atoms with Gasteiger partial charge in [0.1, 0.15) is 0 Å². The van der Waals surface area contributed by atoms with E-state index in [0.717, 1.165) is 12.0 Å². The summed E-state index contributed by atoms with van der Waals surface area (Å²) >= 11 is 0. The van der Waals surface area contributed by atoms with Crippen LogP contribution in [0.2, 0.25) is 0 Å². The van der Waals surface area contributed by atoms with E-state index in [1.54, 1.807) is 0 Å². The van der Waals surface area contributed by atoms with Crippen LogP contribution in [0.5, 0.6) is 0 Å². The molecule has 0 aliphatic heterocycles. The number of hydrogen-bond acceptors (Lipinski definition) is 1. The summed E-state index contributed by atoms with van der Waals surface area (Å²) in [5.41, 5.74) is 5.22. The molecule has 1 heteroatoms. The molecule has 0 unspecified atom stereocenters. The third-order valence-corrected chi connectivity index (χ3v) is 2.99. The number of terminal acetylenes is 1. The van der Waals surface area contributed by atoms with Gasteiger partial charge in [0.2, 0.25) is 0 Å². The Balaban J connectivity index is -0.000000549. The monoisotopic (exact) mass is 325 g/mol. The van der Waals surface area contributed by atoms with E-state index in [1.165, 1.54) is 5.56 Å². The first-order valence-corrected chi connectivity index (χ1v) is 8.25. The number of hydrogen-bond donors (Lipinski definition) is 0. The molecule has 24 heavy (non-hydrogen) atoms. The first-order valence-electron chi connectivity index (χ1n) is 8.25. The van der Waals surface area contributed by atoms with Gasteiger partial charge < -0.3 is 0 Å². The van der Waals surface area contributed by atoms with Crippen molar-refractivity contribution in [2.75, 3.05) is 0 Å². The molecular formula is C23H35N. The van der Waals surface area contributed by atoms with Gasteiger partial charge >= 0.3 is 0 Å². The highest BCUT2D eigenvalue weighted by Crippen LogP contribution is 2.36. The molecule has 1 nitrogen and oxygen atoms in total. The van der Waals surface area contributed by atoms with Crippen LogP contribution in [0.25, 0.3) is 0 Å². The predicted octanol–water partition coefficient (Wildman–Crippen LogP) is 6.70. The third-order valence-electron chi connectivity index (χ3n) is 2.99. The first-order chi connectivity index (χ1) is 11.2. The molecule has 1 rings (SSSR count). The van der Waals surface area contributed by atoms with E-state index in [9.17, 15) is 0 Å². The van der Waals surface area contributed by atoms with Gasteiger partial charge in [0, 0.05) is 0 Å². The molecule has 0 saturated carbocycles. The molecule has 132 valence electrons. The molecule has 0 N–H and O–H groups in total. The zero-order chi connectivity index (χ0) is 19.8. The van der Waals surface area contributed by atoms with Gasteiger partial charge in [0.15, 0.2) is 0 Å². The second-order valence-corrected chi connectivity index (χ2v) is 6.90. The fourth-order valence-corrected chi connectivity index (χ4v) is 2.59. The van der Waals surface area contributed by atoms with E-state index in [2.05, 4.69) is 96.7 Å². The quantitative estimate of drug-likeness (QED) is 0.448. The van der Waals surface area contributed by atoms with Gasteiger partial charge in [-0.2, -0.15) is 5.26 Å². The first kappa shape index (κ1) is 26.7. The molecule has 0 radical (unpaired) electrons. The highest BCUT2D eigenvalue weighted by atomic mass is 14.3. The van der Waals surface area contributed by atoms with Crippen LogP contribution in [0.3, 0.4) is 0 Å². The van der Waals surface area contributed by atoms with Crippen molar-refractivity contribution in [3.8, 4) is 18.9 Å². The third kappa shape index (κ3) is 13.5. The second kappa shape index (κ2) is 14.4. The molecule has 0 aliphatic carbocycles. The van der Waals surface area contributed by atoms with Crippen LogP contribution >= 0.6 is 0 Å². The van der Waals surface area contributed by atoms with E-state index in [-0.39, 0.29) is 5.41 Å². The molecule has 0 spiro atoms. The Hall–Kier alpha value is -2.21. The van der Waals surface area contributed by atoms with Crippen molar-refractivity contribution in [1.82, 2.24) is 0 Å². The Morgan fingerprint density at radius 1 is 0.958 bits per heavy atom. The predicted molar refractivity (Wildman–Crippen MR) is 109 cm³/mol. The molecule has 0 bridgehead atoms. The maximum Gasteiger partial charge on any atom is 0.0669 e. The Labute approximate surface area is 151 Å². The molecule has 0 aromatic heterocycles. The highest BCUT2D eigenvalue weighted by Gasteiger charge is 2.26. The Kier molecular flexibility index (Phi) is 16.0. The summed E-state index contributed by atoms with van der Waals surface area (Å²) in [6, 6.07) is 10.7. The van der Waals surface area contributed by atoms with Gasteiger partial charge in [-0.15, -0.1) is 18.6 Å². The van der Waals surface area contributed by atoms with Crippen molar-refractivity contribution >= 4 is 0 Å². The standard InChI is InChI=1S/C16H23N.C3H4.C2H6.C2H2/c1-15(2,3)12-16(4,5)14-8-6-13(7-9-14)10-11-17;1-3-2;2*1-2/h6-9H,10,12H2,1-5H3;1-2H2;1-2H3;1-2H. The van der Waals surface area contributed by atoms with E-state index in [4.69, 9.17) is 5.26 Å². The SMILES string of the molecule is C#C.C=C=C.CC.CC(C)(C)CC(C)(C)c1ccc(CC#N)cc1. The molecule has 0 saturated heterocycles. The van der Waals surface area contributed by atoms with Gasteiger partial charge in [-0.1, -0.05) is 85.9 Å². The summed E-state index contributed by atoms with van der Waals surface area (Å²) in [4.78, 5) is 0. The van der Waals surface area contributed by atoms with E-state index >= 15 is 0 Å². The average Bonchev–Trinajstić information content (AvgIpc) is 2.51. The van der Waals surface area contributed by atoms with Crippen molar-refractivity contribution in [2.24, 2.45) is 5.41 Å². The van der Waals surface area contributed by atoms with Crippen LogP contribution < -0.4 is 0 Å². The van der Waals surface area contributed by atoms with Crippen LogP contribution in [0, 0.1) is 29.6 Å². The maximum atomic E-state index is 8.65. The molecule has 0 heterocycles. The number of benzene rings is 1. The molecule has 1 aromatic carbocycles. The molecule has 0 fully saturated rings. The molecule has 0 amide bonds. The molecular weight excluding hydrogens is 290 g/mol. The summed E-state index contributed by atoms with van der Waals surface area (Å²) in [6.45, 7) is 21.7. The lowest BCUT2D eigenvalue weighted by Gasteiger charge is -2.33. The zero-order valence-corrected chi connectivity index (χ0v) is 16.7. The van der Waals surface area contributed by atoms with E-state index < -0.39 is 0 Å². The summed E-state index contributed by atoms with van der Waals surface area (Å²) < 4.78 is 0. The topological polar surface area (TPSA) is 23.8 Å². The minimum atomic E-state index is 0.184. The van der Waals surface area contributed by atoms with Crippen LogP contribution in [0.4, 0.5) is 0 Å². The lowest BCUT2D eigenvalue weighted by Crippen LogP contribution is -2.24. The van der Waals surface area contributed by atoms with Gasteiger partial charge in [0.25, 0.3) is 0 Å².